The van der Waals surface area contributed by atoms with Crippen LogP contribution >= 0.6 is 0 Å². The van der Waals surface area contributed by atoms with Gasteiger partial charge in [0.25, 0.3) is 0 Å². The van der Waals surface area contributed by atoms with Crippen molar-refractivity contribution in [1.82, 2.24) is 0 Å². The van der Waals surface area contributed by atoms with Gasteiger partial charge in [-0.25, -0.2) is 9.59 Å². The summed E-state index contributed by atoms with van der Waals surface area (Å²) in [6, 6.07) is 0. The third-order valence-electron chi connectivity index (χ3n) is 1.83. The summed E-state index contributed by atoms with van der Waals surface area (Å²) < 4.78 is 0. The van der Waals surface area contributed by atoms with Crippen LogP contribution in [0.1, 0.15) is 33.6 Å². The molecule has 0 atom stereocenters. The molecule has 0 bridgehead atoms. The van der Waals surface area contributed by atoms with E-state index in [0.717, 1.165) is 6.42 Å². The van der Waals surface area contributed by atoms with Crippen molar-refractivity contribution in [2.45, 2.75) is 33.6 Å². The van der Waals surface area contributed by atoms with Gasteiger partial charge in [0.2, 0.25) is 0 Å². The summed E-state index contributed by atoms with van der Waals surface area (Å²) in [5.74, 6) is -1.74. The van der Waals surface area contributed by atoms with Crippen molar-refractivity contribution in [2.75, 3.05) is 0 Å². The van der Waals surface area contributed by atoms with E-state index in [4.69, 9.17) is 10.2 Å². The lowest BCUT2D eigenvalue weighted by atomic mass is 10.1. The molecule has 0 unspecified atom stereocenters. The second-order valence-corrected chi connectivity index (χ2v) is 3.64. The van der Waals surface area contributed by atoms with Gasteiger partial charge in [0.05, 0.1) is 0 Å². The molecule has 0 aliphatic carbocycles. The van der Waals surface area contributed by atoms with Gasteiger partial charge in [0.15, 0.2) is 0 Å². The second kappa shape index (κ2) is 8.71. The van der Waals surface area contributed by atoms with Crippen LogP contribution in [0.3, 0.4) is 0 Å². The molecule has 2 N–H and O–H groups in total. The fourth-order valence-corrected chi connectivity index (χ4v) is 0.656. The third kappa shape index (κ3) is 8.99. The molecular weight excluding hydrogens is 208 g/mol. The summed E-state index contributed by atoms with van der Waals surface area (Å²) in [6.07, 6.45) is 1.44. The average molecular weight is 228 g/mol. The Hall–Kier alpha value is -1.58. The number of hydrogen-bond donors (Lipinski definition) is 2. The zero-order valence-corrected chi connectivity index (χ0v) is 10.1. The Morgan fingerprint density at radius 1 is 1.12 bits per heavy atom. The minimum absolute atomic E-state index is 0.0486. The fourth-order valence-electron chi connectivity index (χ4n) is 0.656. The van der Waals surface area contributed by atoms with E-state index in [9.17, 15) is 9.59 Å². The van der Waals surface area contributed by atoms with Crippen molar-refractivity contribution in [2.24, 2.45) is 5.92 Å². The Labute approximate surface area is 96.3 Å². The van der Waals surface area contributed by atoms with Crippen molar-refractivity contribution in [3.05, 3.63) is 24.3 Å². The van der Waals surface area contributed by atoms with E-state index in [1.54, 1.807) is 13.8 Å². The zero-order chi connectivity index (χ0) is 13.3. The molecule has 0 saturated heterocycles. The Morgan fingerprint density at radius 2 is 1.56 bits per heavy atom. The quantitative estimate of drug-likeness (QED) is 0.709. The minimum atomic E-state index is -0.903. The van der Waals surface area contributed by atoms with Crippen LogP contribution in [0.2, 0.25) is 0 Å². The summed E-state index contributed by atoms with van der Waals surface area (Å²) >= 11 is 0. The van der Waals surface area contributed by atoms with Crippen LogP contribution in [0, 0.1) is 5.92 Å². The van der Waals surface area contributed by atoms with E-state index in [1.807, 2.05) is 6.92 Å². The van der Waals surface area contributed by atoms with Crippen molar-refractivity contribution in [1.29, 1.82) is 0 Å². The molecule has 0 spiro atoms. The maximum atomic E-state index is 10.0. The number of rotatable bonds is 5. The van der Waals surface area contributed by atoms with Gasteiger partial charge in [0, 0.05) is 11.1 Å². The van der Waals surface area contributed by atoms with E-state index in [2.05, 4.69) is 13.2 Å². The molecule has 0 aromatic heterocycles. The Morgan fingerprint density at radius 3 is 1.62 bits per heavy atom. The van der Waals surface area contributed by atoms with E-state index in [0.29, 0.717) is 12.0 Å². The van der Waals surface area contributed by atoms with E-state index in [-0.39, 0.29) is 11.5 Å². The number of aliphatic carboxylic acids is 2. The summed E-state index contributed by atoms with van der Waals surface area (Å²) in [6.45, 7) is 12.2. The van der Waals surface area contributed by atoms with Gasteiger partial charge in [-0.3, -0.25) is 0 Å². The van der Waals surface area contributed by atoms with Crippen LogP contribution in [0.5, 0.6) is 0 Å². The van der Waals surface area contributed by atoms with Crippen LogP contribution in [-0.2, 0) is 9.59 Å². The molecule has 16 heavy (non-hydrogen) atoms. The molecule has 0 saturated carbocycles. The molecule has 0 aromatic carbocycles. The highest BCUT2D eigenvalue weighted by Crippen LogP contribution is 2.04. The first-order chi connectivity index (χ1) is 7.23. The predicted octanol–water partition coefficient (Wildman–Crippen LogP) is 2.71. The number of carbonyl (C=O) groups is 2. The third-order valence-corrected chi connectivity index (χ3v) is 1.83. The molecule has 0 fully saturated rings. The first kappa shape index (κ1) is 16.8. The highest BCUT2D eigenvalue weighted by atomic mass is 16.4. The summed E-state index contributed by atoms with van der Waals surface area (Å²) in [5, 5.41) is 16.5. The van der Waals surface area contributed by atoms with Crippen LogP contribution in [0.4, 0.5) is 0 Å². The topological polar surface area (TPSA) is 74.6 Å². The monoisotopic (exact) mass is 228 g/mol. The Kier molecular flexibility index (Phi) is 9.16. The molecule has 4 nitrogen and oxygen atoms in total. The first-order valence-electron chi connectivity index (χ1n) is 5.07. The molecule has 0 amide bonds. The first-order valence-corrected chi connectivity index (χ1v) is 5.07. The van der Waals surface area contributed by atoms with Crippen molar-refractivity contribution < 1.29 is 19.8 Å². The summed E-state index contributed by atoms with van der Waals surface area (Å²) in [4.78, 5) is 20.0. The lowest BCUT2D eigenvalue weighted by Crippen LogP contribution is -2.04. The van der Waals surface area contributed by atoms with Gasteiger partial charge in [-0.1, -0.05) is 40.3 Å². The number of hydrogen-bond acceptors (Lipinski definition) is 2. The standard InChI is InChI=1S/2C6H10O2/c1-4(2)5(3)6(7)8;1-3-4-5(2)6(7)8/h4H,3H2,1-2H3,(H,7,8);2-4H2,1H3,(H,7,8). The van der Waals surface area contributed by atoms with Gasteiger partial charge in [-0.2, -0.15) is 0 Å². The molecule has 92 valence electrons. The van der Waals surface area contributed by atoms with E-state index in [1.165, 1.54) is 0 Å². The van der Waals surface area contributed by atoms with Gasteiger partial charge >= 0.3 is 11.9 Å². The molecule has 0 rings (SSSR count). The predicted molar refractivity (Wildman–Crippen MR) is 63.3 cm³/mol. The maximum Gasteiger partial charge on any atom is 0.331 e. The zero-order valence-electron chi connectivity index (χ0n) is 10.1. The number of carboxylic acids is 2. The maximum absolute atomic E-state index is 10.0. The summed E-state index contributed by atoms with van der Waals surface area (Å²) in [7, 11) is 0. The molecule has 0 aliphatic heterocycles. The van der Waals surface area contributed by atoms with Gasteiger partial charge in [0.1, 0.15) is 0 Å². The largest absolute Gasteiger partial charge is 0.478 e. The Bertz CT molecular complexity index is 277. The van der Waals surface area contributed by atoms with Gasteiger partial charge in [-0.15, -0.1) is 0 Å². The molecule has 0 radical (unpaired) electrons. The van der Waals surface area contributed by atoms with Crippen LogP contribution in [0.15, 0.2) is 24.3 Å². The highest BCUT2D eigenvalue weighted by Gasteiger charge is 2.06. The van der Waals surface area contributed by atoms with Crippen molar-refractivity contribution in [3.8, 4) is 0 Å². The van der Waals surface area contributed by atoms with Crippen molar-refractivity contribution >= 4 is 11.9 Å². The Balaban J connectivity index is 0. The lowest BCUT2D eigenvalue weighted by Gasteiger charge is -2.00. The lowest BCUT2D eigenvalue weighted by molar-refractivity contribution is -0.133. The van der Waals surface area contributed by atoms with Crippen LogP contribution in [0.25, 0.3) is 0 Å². The SMILES string of the molecule is C=C(C(=O)O)C(C)C.C=C(CCC)C(=O)O. The second-order valence-electron chi connectivity index (χ2n) is 3.64. The van der Waals surface area contributed by atoms with Crippen LogP contribution < -0.4 is 0 Å². The van der Waals surface area contributed by atoms with Gasteiger partial charge in [-0.05, 0) is 12.3 Å². The van der Waals surface area contributed by atoms with E-state index < -0.39 is 11.9 Å². The molecule has 0 aliphatic rings. The molecular formula is C12H20O4. The normalized spacial score (nSPS) is 9.00. The van der Waals surface area contributed by atoms with E-state index >= 15 is 0 Å². The van der Waals surface area contributed by atoms with Crippen LogP contribution in [-0.4, -0.2) is 22.2 Å². The molecule has 4 heteroatoms. The molecule has 0 aromatic rings. The van der Waals surface area contributed by atoms with Crippen molar-refractivity contribution in [3.63, 3.8) is 0 Å². The fraction of sp³-hybridized carbons (Fsp3) is 0.500. The minimum Gasteiger partial charge on any atom is -0.478 e. The average Bonchev–Trinajstić information content (AvgIpc) is 2.17. The highest BCUT2D eigenvalue weighted by molar-refractivity contribution is 5.86. The number of carboxylic acid groups (broad SMARTS) is 2. The smallest absolute Gasteiger partial charge is 0.331 e. The van der Waals surface area contributed by atoms with Gasteiger partial charge < -0.3 is 10.2 Å². The molecule has 0 heterocycles. The summed E-state index contributed by atoms with van der Waals surface area (Å²) in [5.41, 5.74) is 0.567.